The molecule has 0 radical (unpaired) electrons. The number of nitrogens with two attached hydrogens (primary N) is 2. The molecule has 1 aromatic carbocycles. The summed E-state index contributed by atoms with van der Waals surface area (Å²) < 4.78 is 43.1. The van der Waals surface area contributed by atoms with E-state index in [1.54, 1.807) is 29.1 Å². The average Bonchev–Trinajstić information content (AvgIpc) is 3.38. The Balaban J connectivity index is 0.00000187. The molecule has 41 heavy (non-hydrogen) atoms. The Bertz CT molecular complexity index is 1340. The van der Waals surface area contributed by atoms with Gasteiger partial charge in [-0.1, -0.05) is 17.3 Å². The molecule has 11 nitrogen and oxygen atoms in total. The van der Waals surface area contributed by atoms with E-state index < -0.39 is 12.3 Å². The lowest BCUT2D eigenvalue weighted by Crippen LogP contribution is -2.28. The van der Waals surface area contributed by atoms with Gasteiger partial charge in [0.05, 0.1) is 12.6 Å². The van der Waals surface area contributed by atoms with Crippen LogP contribution in [0.2, 0.25) is 0 Å². The van der Waals surface area contributed by atoms with Crippen LogP contribution in [-0.2, 0) is 17.8 Å². The van der Waals surface area contributed by atoms with Crippen molar-refractivity contribution in [1.29, 1.82) is 0 Å². The summed E-state index contributed by atoms with van der Waals surface area (Å²) in [5.41, 5.74) is 14.2. The Morgan fingerprint density at radius 3 is 2.54 bits per heavy atom. The number of unbranched alkanes of at least 4 members (excludes halogenated alkanes) is 1. The molecule has 0 spiro atoms. The fourth-order valence-electron chi connectivity index (χ4n) is 3.41. The minimum Gasteiger partial charge on any atom is -0.406 e. The highest BCUT2D eigenvalue weighted by molar-refractivity contribution is 5.80. The summed E-state index contributed by atoms with van der Waals surface area (Å²) in [5.74, 6) is -0.656. The van der Waals surface area contributed by atoms with Crippen LogP contribution < -0.4 is 26.8 Å². The Hall–Kier alpha value is -4.72. The zero-order valence-electron chi connectivity index (χ0n) is 22.7. The quantitative estimate of drug-likeness (QED) is 0.145. The van der Waals surface area contributed by atoms with E-state index in [1.807, 2.05) is 14.1 Å². The van der Waals surface area contributed by atoms with E-state index in [-0.39, 0.29) is 23.7 Å². The SMILES string of the molecule is CNC.N/C(=C\C=C(/N)NC(=O)Cc1cncc(-c2cccc(OC(F)(F)F)c2)c1)CCCCn1cc(C=O)nn1. The molecule has 0 atom stereocenters. The predicted molar refractivity (Wildman–Crippen MR) is 147 cm³/mol. The van der Waals surface area contributed by atoms with Crippen LogP contribution in [0.3, 0.4) is 0 Å². The first kappa shape index (κ1) is 32.5. The van der Waals surface area contributed by atoms with Gasteiger partial charge in [-0.15, -0.1) is 18.3 Å². The zero-order valence-corrected chi connectivity index (χ0v) is 22.7. The van der Waals surface area contributed by atoms with E-state index in [2.05, 4.69) is 30.7 Å². The fraction of sp³-hybridized carbons (Fsp3) is 0.296. The number of nitrogens with zero attached hydrogens (tertiary/aromatic N) is 4. The third-order valence-corrected chi connectivity index (χ3v) is 5.10. The van der Waals surface area contributed by atoms with Gasteiger partial charge in [0.2, 0.25) is 5.91 Å². The number of pyridine rings is 1. The van der Waals surface area contributed by atoms with Gasteiger partial charge in [-0.25, -0.2) is 0 Å². The van der Waals surface area contributed by atoms with Gasteiger partial charge in [0.15, 0.2) is 6.29 Å². The van der Waals surface area contributed by atoms with Gasteiger partial charge in [-0.3, -0.25) is 19.3 Å². The number of amides is 1. The number of rotatable bonds is 12. The summed E-state index contributed by atoms with van der Waals surface area (Å²) >= 11 is 0. The summed E-state index contributed by atoms with van der Waals surface area (Å²) in [7, 11) is 3.75. The maximum Gasteiger partial charge on any atom is 0.573 e. The van der Waals surface area contributed by atoms with Crippen LogP contribution in [0, 0.1) is 0 Å². The minimum absolute atomic E-state index is 0.0541. The lowest BCUT2D eigenvalue weighted by Gasteiger charge is -2.10. The Morgan fingerprint density at radius 2 is 1.85 bits per heavy atom. The van der Waals surface area contributed by atoms with Gasteiger partial charge in [0.1, 0.15) is 17.3 Å². The molecular weight excluding hydrogens is 541 g/mol. The topological polar surface area (TPSA) is 163 Å². The van der Waals surface area contributed by atoms with E-state index in [0.717, 1.165) is 12.8 Å². The van der Waals surface area contributed by atoms with Crippen molar-refractivity contribution in [3.63, 3.8) is 0 Å². The number of hydrogen-bond acceptors (Lipinski definition) is 9. The first-order chi connectivity index (χ1) is 19.5. The number of aryl methyl sites for hydroxylation is 1. The lowest BCUT2D eigenvalue weighted by molar-refractivity contribution is -0.274. The second-order valence-electron chi connectivity index (χ2n) is 8.73. The number of aromatic nitrogens is 4. The number of hydrogen-bond donors (Lipinski definition) is 4. The van der Waals surface area contributed by atoms with E-state index in [0.29, 0.717) is 41.6 Å². The van der Waals surface area contributed by atoms with Crippen LogP contribution >= 0.6 is 0 Å². The smallest absolute Gasteiger partial charge is 0.406 e. The van der Waals surface area contributed by atoms with Gasteiger partial charge < -0.3 is 26.8 Å². The number of benzene rings is 1. The zero-order chi connectivity index (χ0) is 30.3. The molecule has 0 aliphatic rings. The molecule has 2 heterocycles. The van der Waals surface area contributed by atoms with E-state index in [4.69, 9.17) is 11.5 Å². The molecule has 0 saturated carbocycles. The van der Waals surface area contributed by atoms with Crippen LogP contribution in [0.25, 0.3) is 11.1 Å². The standard InChI is InChI=1S/C25H26F3N7O3.C2H7N/c26-25(27,28)38-22-6-3-4-18(12-22)19-10-17(13-31-14-19)11-24(37)32-23(30)8-7-20(29)5-1-2-9-35-15-21(16-36)33-34-35;1-3-2/h3-4,6-8,10,12-16H,1-2,5,9,11,29-30H2,(H,32,37);3H,1-2H3/b20-7-,23-8+;. The minimum atomic E-state index is -4.80. The first-order valence-corrected chi connectivity index (χ1v) is 12.5. The Kier molecular flexibility index (Phi) is 13.0. The number of aldehydes is 1. The average molecular weight is 575 g/mol. The van der Waals surface area contributed by atoms with Crippen LogP contribution in [0.1, 0.15) is 35.3 Å². The third kappa shape index (κ3) is 12.8. The second kappa shape index (κ2) is 16.4. The molecular formula is C27H33F3N8O3. The van der Waals surface area contributed by atoms with Crippen molar-refractivity contribution in [2.75, 3.05) is 14.1 Å². The van der Waals surface area contributed by atoms with Crippen LogP contribution in [0.15, 0.2) is 72.6 Å². The molecule has 6 N–H and O–H groups in total. The molecule has 0 aliphatic heterocycles. The largest absolute Gasteiger partial charge is 0.573 e. The number of nitrogens with one attached hydrogen (secondary N) is 2. The Labute approximate surface area is 235 Å². The summed E-state index contributed by atoms with van der Waals surface area (Å²) in [4.78, 5) is 27.1. The molecule has 0 aliphatic carbocycles. The second-order valence-corrected chi connectivity index (χ2v) is 8.73. The molecule has 1 amide bonds. The van der Waals surface area contributed by atoms with Gasteiger partial charge in [-0.05, 0) is 74.8 Å². The van der Waals surface area contributed by atoms with E-state index in [9.17, 15) is 22.8 Å². The molecule has 0 saturated heterocycles. The van der Waals surface area contributed by atoms with Crippen molar-refractivity contribution in [2.24, 2.45) is 11.5 Å². The summed E-state index contributed by atoms with van der Waals surface area (Å²) in [6, 6.07) is 7.13. The summed E-state index contributed by atoms with van der Waals surface area (Å²) in [6.07, 6.45) is 5.54. The molecule has 0 bridgehead atoms. The van der Waals surface area contributed by atoms with Crippen molar-refractivity contribution in [3.8, 4) is 16.9 Å². The number of ether oxygens (including phenoxy) is 1. The van der Waals surface area contributed by atoms with E-state index in [1.165, 1.54) is 36.7 Å². The van der Waals surface area contributed by atoms with Crippen molar-refractivity contribution >= 4 is 12.2 Å². The summed E-state index contributed by atoms with van der Waals surface area (Å²) in [6.45, 7) is 0.602. The van der Waals surface area contributed by atoms with Crippen molar-refractivity contribution < 1.29 is 27.5 Å². The molecule has 220 valence electrons. The predicted octanol–water partition coefficient (Wildman–Crippen LogP) is 3.06. The highest BCUT2D eigenvalue weighted by Gasteiger charge is 2.31. The maximum absolute atomic E-state index is 12.5. The summed E-state index contributed by atoms with van der Waals surface area (Å²) in [5, 5.41) is 12.8. The molecule has 2 aromatic heterocycles. The highest BCUT2D eigenvalue weighted by Crippen LogP contribution is 2.28. The molecule has 0 fully saturated rings. The first-order valence-electron chi connectivity index (χ1n) is 12.5. The monoisotopic (exact) mass is 574 g/mol. The Morgan fingerprint density at radius 1 is 1.10 bits per heavy atom. The van der Waals surface area contributed by atoms with Crippen LogP contribution in [-0.4, -0.2) is 52.6 Å². The van der Waals surface area contributed by atoms with Crippen LogP contribution in [0.4, 0.5) is 13.2 Å². The number of halogens is 3. The molecule has 3 aromatic rings. The molecule has 14 heteroatoms. The van der Waals surface area contributed by atoms with Gasteiger partial charge in [0, 0.05) is 30.2 Å². The van der Waals surface area contributed by atoms with Crippen LogP contribution in [0.5, 0.6) is 5.75 Å². The molecule has 3 rings (SSSR count). The van der Waals surface area contributed by atoms with Crippen molar-refractivity contribution in [3.05, 3.63) is 83.8 Å². The highest BCUT2D eigenvalue weighted by atomic mass is 19.4. The maximum atomic E-state index is 12.5. The number of carbonyl (C=O) groups excluding carboxylic acids is 2. The van der Waals surface area contributed by atoms with Crippen molar-refractivity contribution in [2.45, 2.75) is 38.6 Å². The van der Waals surface area contributed by atoms with Gasteiger partial charge >= 0.3 is 6.36 Å². The number of allylic oxidation sites excluding steroid dienone is 3. The van der Waals surface area contributed by atoms with E-state index >= 15 is 0 Å². The van der Waals surface area contributed by atoms with Gasteiger partial charge in [-0.2, -0.15) is 0 Å². The number of alkyl halides is 3. The number of carbonyl (C=O) groups is 2. The lowest BCUT2D eigenvalue weighted by atomic mass is 10.0. The van der Waals surface area contributed by atoms with Gasteiger partial charge in [0.25, 0.3) is 0 Å². The fourth-order valence-corrected chi connectivity index (χ4v) is 3.41. The third-order valence-electron chi connectivity index (χ3n) is 5.10. The van der Waals surface area contributed by atoms with Crippen molar-refractivity contribution in [1.82, 2.24) is 30.6 Å². The molecule has 0 unspecified atom stereocenters. The normalized spacial score (nSPS) is 11.8.